The fourth-order valence-corrected chi connectivity index (χ4v) is 2.76. The van der Waals surface area contributed by atoms with Gasteiger partial charge in [0.05, 0.1) is 7.11 Å². The number of hydrogen-bond acceptors (Lipinski definition) is 10. The van der Waals surface area contributed by atoms with Crippen LogP contribution in [0.25, 0.3) is 0 Å². The van der Waals surface area contributed by atoms with Crippen molar-refractivity contribution in [3.05, 3.63) is 0 Å². The van der Waals surface area contributed by atoms with E-state index in [0.29, 0.717) is 0 Å². The lowest BCUT2D eigenvalue weighted by molar-refractivity contribution is -0.228. The van der Waals surface area contributed by atoms with E-state index in [1.807, 2.05) is 0 Å². The summed E-state index contributed by atoms with van der Waals surface area (Å²) in [7, 11) is 1.06. The van der Waals surface area contributed by atoms with Gasteiger partial charge in [0.25, 0.3) is 0 Å². The van der Waals surface area contributed by atoms with E-state index in [0.717, 1.165) is 7.11 Å². The van der Waals surface area contributed by atoms with Gasteiger partial charge in [0.15, 0.2) is 6.04 Å². The molecule has 5 N–H and O–H groups in total. The molecule has 0 aliphatic carbocycles. The Balaban J connectivity index is 2.98. The Labute approximate surface area is 181 Å². The number of nitrogens with one attached hydrogen (secondary N) is 2. The Morgan fingerprint density at radius 2 is 1.42 bits per heavy atom. The summed E-state index contributed by atoms with van der Waals surface area (Å²) in [5.74, 6) is -0.975. The highest BCUT2D eigenvalue weighted by molar-refractivity contribution is 5.82. The number of amides is 2. The highest BCUT2D eigenvalue weighted by Gasteiger charge is 2.49. The van der Waals surface area contributed by atoms with Crippen LogP contribution in [0.5, 0.6) is 0 Å². The quantitative estimate of drug-likeness (QED) is 0.270. The fourth-order valence-electron chi connectivity index (χ4n) is 2.76. The maximum atomic E-state index is 12.3. The molecule has 1 saturated heterocycles. The van der Waals surface area contributed by atoms with Crippen LogP contribution < -0.4 is 10.6 Å². The van der Waals surface area contributed by atoms with Gasteiger partial charge in [-0.3, -0.25) is 0 Å². The van der Waals surface area contributed by atoms with Crippen molar-refractivity contribution >= 4 is 18.2 Å². The van der Waals surface area contributed by atoms with E-state index in [2.05, 4.69) is 15.4 Å². The second kappa shape index (κ2) is 10.4. The van der Waals surface area contributed by atoms with Gasteiger partial charge in [0.1, 0.15) is 41.7 Å². The van der Waals surface area contributed by atoms with E-state index in [1.165, 1.54) is 0 Å². The van der Waals surface area contributed by atoms with E-state index in [-0.39, 0.29) is 6.54 Å². The highest BCUT2D eigenvalue weighted by Crippen LogP contribution is 2.24. The lowest BCUT2D eigenvalue weighted by Gasteiger charge is -2.42. The van der Waals surface area contributed by atoms with Crippen molar-refractivity contribution < 1.29 is 48.7 Å². The van der Waals surface area contributed by atoms with Gasteiger partial charge in [0.2, 0.25) is 0 Å². The van der Waals surface area contributed by atoms with E-state index in [4.69, 9.17) is 14.2 Å². The van der Waals surface area contributed by atoms with Crippen molar-refractivity contribution in [2.24, 2.45) is 0 Å². The summed E-state index contributed by atoms with van der Waals surface area (Å²) in [5.41, 5.74) is -1.63. The van der Waals surface area contributed by atoms with Crippen LogP contribution in [-0.4, -0.2) is 94.9 Å². The van der Waals surface area contributed by atoms with E-state index >= 15 is 0 Å². The molecular weight excluding hydrogens is 416 g/mol. The average Bonchev–Trinajstić information content (AvgIpc) is 2.60. The molecule has 0 spiro atoms. The van der Waals surface area contributed by atoms with Gasteiger partial charge >= 0.3 is 18.2 Å². The van der Waals surface area contributed by atoms with Crippen LogP contribution in [-0.2, 0) is 23.7 Å². The molecule has 12 nitrogen and oxygen atoms in total. The topological polar surface area (TPSA) is 173 Å². The van der Waals surface area contributed by atoms with Crippen molar-refractivity contribution in [3.8, 4) is 0 Å². The first kappa shape index (κ1) is 26.9. The summed E-state index contributed by atoms with van der Waals surface area (Å²) in [4.78, 5) is 36.3. The molecule has 1 unspecified atom stereocenters. The summed E-state index contributed by atoms with van der Waals surface area (Å²) in [6.07, 6.45) is -9.61. The molecule has 1 fully saturated rings. The Kier molecular flexibility index (Phi) is 9.06. The zero-order valence-electron chi connectivity index (χ0n) is 18.9. The molecule has 31 heavy (non-hydrogen) atoms. The van der Waals surface area contributed by atoms with Gasteiger partial charge in [0, 0.05) is 6.54 Å². The first-order valence-electron chi connectivity index (χ1n) is 9.79. The van der Waals surface area contributed by atoms with Crippen molar-refractivity contribution in [3.63, 3.8) is 0 Å². The van der Waals surface area contributed by atoms with E-state index in [9.17, 15) is 29.7 Å². The van der Waals surface area contributed by atoms with Gasteiger partial charge in [-0.2, -0.15) is 0 Å². The molecule has 0 aromatic heterocycles. The molecule has 12 heteroatoms. The number of ether oxygens (including phenoxy) is 4. The highest BCUT2D eigenvalue weighted by atomic mass is 16.6. The summed E-state index contributed by atoms with van der Waals surface area (Å²) >= 11 is 0. The molecule has 1 rings (SSSR count). The number of hydrogen-bond donors (Lipinski definition) is 5. The van der Waals surface area contributed by atoms with Crippen LogP contribution in [0.2, 0.25) is 0 Å². The largest absolute Gasteiger partial charge is 0.467 e. The van der Waals surface area contributed by atoms with Gasteiger partial charge in [-0.05, 0) is 41.5 Å². The van der Waals surface area contributed by atoms with Crippen molar-refractivity contribution in [1.82, 2.24) is 10.6 Å². The molecule has 1 aliphatic rings. The number of alkyl carbamates (subject to hydrolysis) is 2. The van der Waals surface area contributed by atoms with Gasteiger partial charge in [-0.1, -0.05) is 0 Å². The smallest absolute Gasteiger partial charge is 0.408 e. The van der Waals surface area contributed by atoms with Gasteiger partial charge < -0.3 is 44.9 Å². The van der Waals surface area contributed by atoms with E-state index < -0.39 is 65.9 Å². The number of carbonyl (C=O) groups is 3. The maximum Gasteiger partial charge on any atom is 0.408 e. The molecular formula is C19H34N2O10. The van der Waals surface area contributed by atoms with Crippen LogP contribution in [0.15, 0.2) is 0 Å². The lowest BCUT2D eigenvalue weighted by atomic mass is 9.91. The summed E-state index contributed by atoms with van der Waals surface area (Å²) in [5, 5.41) is 35.5. The van der Waals surface area contributed by atoms with E-state index in [1.54, 1.807) is 41.5 Å². The van der Waals surface area contributed by atoms with Gasteiger partial charge in [-0.15, -0.1) is 0 Å². The minimum atomic E-state index is -1.76. The Morgan fingerprint density at radius 1 is 0.903 bits per heavy atom. The van der Waals surface area contributed by atoms with Crippen molar-refractivity contribution in [2.75, 3.05) is 13.7 Å². The third kappa shape index (κ3) is 8.48. The Bertz CT molecular complexity index is 643. The zero-order valence-corrected chi connectivity index (χ0v) is 18.9. The van der Waals surface area contributed by atoms with Crippen LogP contribution in [0.4, 0.5) is 9.59 Å². The average molecular weight is 450 g/mol. The SMILES string of the molecule is COC(=O)[C@H](NC(=O)OC(C)(C)C)[C@@H]1OC(CNC(=O)OC(C)(C)C)[C@H](O)[C@H](O)[C@@H]1O. The molecule has 6 atom stereocenters. The van der Waals surface area contributed by atoms with Crippen LogP contribution >= 0.6 is 0 Å². The number of aliphatic hydroxyl groups excluding tert-OH is 3. The molecule has 0 saturated carbocycles. The number of aliphatic hydroxyl groups is 3. The summed E-state index contributed by atoms with van der Waals surface area (Å²) in [6.45, 7) is 9.53. The Hall–Kier alpha value is -2.15. The predicted octanol–water partition coefficient (Wildman–Crippen LogP) is -0.572. The third-order valence-corrected chi connectivity index (χ3v) is 4.05. The molecule has 0 aromatic rings. The standard InChI is InChI=1S/C19H34N2O10/c1-18(2,3)30-16(26)20-8-9-11(22)12(23)13(24)14(29-9)10(15(25)28-7)21-17(27)31-19(4,5)6/h9-14,22-24H,8H2,1-7H3,(H,20,26)(H,21,27)/t9?,10-,11+,12+,13+,14+/m1/s1. The first-order valence-corrected chi connectivity index (χ1v) is 9.79. The molecule has 2 amide bonds. The normalized spacial score (nSPS) is 27.6. The number of rotatable bonds is 5. The third-order valence-electron chi connectivity index (χ3n) is 4.05. The maximum absolute atomic E-state index is 12.3. The second-order valence-corrected chi connectivity index (χ2v) is 9.14. The fraction of sp³-hybridized carbons (Fsp3) is 0.842. The zero-order chi connectivity index (χ0) is 24.1. The minimum absolute atomic E-state index is 0.309. The molecule has 1 aliphatic heterocycles. The summed E-state index contributed by atoms with van der Waals surface area (Å²) in [6, 6.07) is -1.57. The molecule has 0 bridgehead atoms. The lowest BCUT2D eigenvalue weighted by Crippen LogP contribution is -2.66. The molecule has 180 valence electrons. The number of methoxy groups -OCH3 is 1. The predicted molar refractivity (Wildman–Crippen MR) is 106 cm³/mol. The Morgan fingerprint density at radius 3 is 1.90 bits per heavy atom. The van der Waals surface area contributed by atoms with Crippen LogP contribution in [0.3, 0.4) is 0 Å². The monoisotopic (exact) mass is 450 g/mol. The summed E-state index contributed by atoms with van der Waals surface area (Å²) < 4.78 is 20.4. The molecule has 1 heterocycles. The molecule has 0 aromatic carbocycles. The van der Waals surface area contributed by atoms with Gasteiger partial charge in [-0.25, -0.2) is 14.4 Å². The van der Waals surface area contributed by atoms with Crippen molar-refractivity contribution in [2.45, 2.75) is 89.3 Å². The molecule has 0 radical (unpaired) electrons. The minimum Gasteiger partial charge on any atom is -0.467 e. The van der Waals surface area contributed by atoms with Crippen LogP contribution in [0.1, 0.15) is 41.5 Å². The second-order valence-electron chi connectivity index (χ2n) is 9.14. The van der Waals surface area contributed by atoms with Crippen LogP contribution in [0, 0.1) is 0 Å². The van der Waals surface area contributed by atoms with Crippen molar-refractivity contribution in [1.29, 1.82) is 0 Å². The first-order chi connectivity index (χ1) is 14.1. The number of esters is 1. The number of carbonyl (C=O) groups excluding carboxylic acids is 3.